The van der Waals surface area contributed by atoms with Gasteiger partial charge in [0, 0.05) is 23.7 Å². The highest BCUT2D eigenvalue weighted by Crippen LogP contribution is 2.23. The lowest BCUT2D eigenvalue weighted by Gasteiger charge is -2.11. The molecule has 6 heteroatoms. The summed E-state index contributed by atoms with van der Waals surface area (Å²) >= 11 is 5.93. The van der Waals surface area contributed by atoms with Gasteiger partial charge in [-0.25, -0.2) is 18.4 Å². The molecule has 2 atom stereocenters. The molecule has 1 heterocycles. The molecule has 90 valence electrons. The molecular formula is C10H15ClN2O2S. The standard InChI is InChI=1S/C10H15ClN2O2S/c1-6(11)9-5-12-10(13-7(9)2)8(3)16(4,14)15/h5-6,8H,1-4H3. The van der Waals surface area contributed by atoms with Crippen molar-refractivity contribution < 1.29 is 8.42 Å². The van der Waals surface area contributed by atoms with E-state index in [4.69, 9.17) is 11.6 Å². The fourth-order valence-corrected chi connectivity index (χ4v) is 1.98. The molecule has 0 aliphatic carbocycles. The highest BCUT2D eigenvalue weighted by molar-refractivity contribution is 7.90. The fraction of sp³-hybridized carbons (Fsp3) is 0.600. The Morgan fingerprint density at radius 1 is 1.38 bits per heavy atom. The number of hydrogen-bond acceptors (Lipinski definition) is 4. The topological polar surface area (TPSA) is 59.9 Å². The second-order valence-electron chi connectivity index (χ2n) is 3.86. The SMILES string of the molecule is Cc1nc(C(C)S(C)(=O)=O)ncc1C(C)Cl. The smallest absolute Gasteiger partial charge is 0.157 e. The average molecular weight is 263 g/mol. The molecule has 1 aromatic rings. The number of sulfone groups is 1. The maximum atomic E-state index is 11.4. The summed E-state index contributed by atoms with van der Waals surface area (Å²) in [6, 6.07) is 0. The van der Waals surface area contributed by atoms with E-state index in [2.05, 4.69) is 9.97 Å². The molecule has 0 aliphatic rings. The highest BCUT2D eigenvalue weighted by Gasteiger charge is 2.21. The molecule has 0 saturated heterocycles. The lowest BCUT2D eigenvalue weighted by atomic mass is 10.2. The second-order valence-corrected chi connectivity index (χ2v) is 6.88. The van der Waals surface area contributed by atoms with Gasteiger partial charge < -0.3 is 0 Å². The van der Waals surface area contributed by atoms with Gasteiger partial charge in [0.2, 0.25) is 0 Å². The number of alkyl halides is 1. The summed E-state index contributed by atoms with van der Waals surface area (Å²) in [6.07, 6.45) is 2.77. The van der Waals surface area contributed by atoms with Crippen LogP contribution in [0.1, 0.15) is 41.6 Å². The molecule has 0 fully saturated rings. The summed E-state index contributed by atoms with van der Waals surface area (Å²) in [5.41, 5.74) is 1.55. The van der Waals surface area contributed by atoms with Gasteiger partial charge in [-0.15, -0.1) is 11.6 Å². The van der Waals surface area contributed by atoms with E-state index < -0.39 is 15.1 Å². The van der Waals surface area contributed by atoms with Crippen LogP contribution in [-0.2, 0) is 9.84 Å². The van der Waals surface area contributed by atoms with Crippen molar-refractivity contribution in [1.29, 1.82) is 0 Å². The van der Waals surface area contributed by atoms with Gasteiger partial charge in [0.25, 0.3) is 0 Å². The third-order valence-electron chi connectivity index (χ3n) is 2.47. The predicted octanol–water partition coefficient (Wildman–Crippen LogP) is 2.19. The van der Waals surface area contributed by atoms with Gasteiger partial charge in [0.05, 0.1) is 5.38 Å². The molecular weight excluding hydrogens is 248 g/mol. The van der Waals surface area contributed by atoms with E-state index >= 15 is 0 Å². The highest BCUT2D eigenvalue weighted by atomic mass is 35.5. The van der Waals surface area contributed by atoms with Gasteiger partial charge in [0.15, 0.2) is 9.84 Å². The molecule has 0 radical (unpaired) electrons. The zero-order valence-corrected chi connectivity index (χ0v) is 11.3. The fourth-order valence-electron chi connectivity index (χ4n) is 1.27. The Labute approximate surface area is 101 Å². The van der Waals surface area contributed by atoms with Crippen LogP contribution in [0.5, 0.6) is 0 Å². The molecule has 0 N–H and O–H groups in total. The van der Waals surface area contributed by atoms with E-state index in [-0.39, 0.29) is 5.38 Å². The van der Waals surface area contributed by atoms with Gasteiger partial charge in [-0.05, 0) is 20.8 Å². The zero-order chi connectivity index (χ0) is 12.5. The third kappa shape index (κ3) is 2.92. The Morgan fingerprint density at radius 3 is 2.31 bits per heavy atom. The van der Waals surface area contributed by atoms with Crippen molar-refractivity contribution in [3.05, 3.63) is 23.3 Å². The molecule has 0 saturated carbocycles. The van der Waals surface area contributed by atoms with Crippen molar-refractivity contribution in [1.82, 2.24) is 9.97 Å². The normalized spacial score (nSPS) is 15.8. The van der Waals surface area contributed by atoms with Crippen molar-refractivity contribution >= 4 is 21.4 Å². The zero-order valence-electron chi connectivity index (χ0n) is 9.73. The quantitative estimate of drug-likeness (QED) is 0.784. The number of halogens is 1. The van der Waals surface area contributed by atoms with Gasteiger partial charge in [-0.2, -0.15) is 0 Å². The second kappa shape index (κ2) is 4.67. The van der Waals surface area contributed by atoms with Gasteiger partial charge in [-0.3, -0.25) is 0 Å². The molecule has 1 aromatic heterocycles. The molecule has 0 aliphatic heterocycles. The third-order valence-corrected chi connectivity index (χ3v) is 4.20. The van der Waals surface area contributed by atoms with Crippen LogP contribution < -0.4 is 0 Å². The maximum Gasteiger partial charge on any atom is 0.157 e. The minimum Gasteiger partial charge on any atom is -0.240 e. The Balaban J connectivity index is 3.16. The Hall–Kier alpha value is -0.680. The van der Waals surface area contributed by atoms with Crippen molar-refractivity contribution in [2.45, 2.75) is 31.4 Å². The Morgan fingerprint density at radius 2 is 1.94 bits per heavy atom. The van der Waals surface area contributed by atoms with E-state index in [1.165, 1.54) is 6.26 Å². The van der Waals surface area contributed by atoms with Crippen LogP contribution in [0.2, 0.25) is 0 Å². The lowest BCUT2D eigenvalue weighted by molar-refractivity contribution is 0.588. The van der Waals surface area contributed by atoms with Crippen molar-refractivity contribution in [3.63, 3.8) is 0 Å². The molecule has 1 rings (SSSR count). The van der Waals surface area contributed by atoms with Crippen molar-refractivity contribution in [2.75, 3.05) is 6.26 Å². The first-order chi connectivity index (χ1) is 7.23. The van der Waals surface area contributed by atoms with Crippen molar-refractivity contribution in [3.8, 4) is 0 Å². The number of hydrogen-bond donors (Lipinski definition) is 0. The predicted molar refractivity (Wildman–Crippen MR) is 64.3 cm³/mol. The summed E-state index contributed by atoms with van der Waals surface area (Å²) in [5, 5.41) is -0.867. The number of nitrogens with zero attached hydrogens (tertiary/aromatic N) is 2. The summed E-state index contributed by atoms with van der Waals surface area (Å²) in [4.78, 5) is 8.24. The largest absolute Gasteiger partial charge is 0.240 e. The van der Waals surface area contributed by atoms with E-state index in [0.29, 0.717) is 5.82 Å². The summed E-state index contributed by atoms with van der Waals surface area (Å²) in [7, 11) is -3.16. The van der Waals surface area contributed by atoms with Gasteiger partial charge in [-0.1, -0.05) is 0 Å². The lowest BCUT2D eigenvalue weighted by Crippen LogP contribution is -2.12. The van der Waals surface area contributed by atoms with Crippen LogP contribution in [0, 0.1) is 6.92 Å². The molecule has 0 amide bonds. The first-order valence-corrected chi connectivity index (χ1v) is 7.29. The number of aryl methyl sites for hydroxylation is 1. The van der Waals surface area contributed by atoms with E-state index in [9.17, 15) is 8.42 Å². The van der Waals surface area contributed by atoms with Crippen LogP contribution in [0.3, 0.4) is 0 Å². The minimum atomic E-state index is -3.16. The van der Waals surface area contributed by atoms with Crippen LogP contribution in [0.25, 0.3) is 0 Å². The first-order valence-electron chi connectivity index (χ1n) is 4.90. The number of aromatic nitrogens is 2. The van der Waals surface area contributed by atoms with Crippen LogP contribution >= 0.6 is 11.6 Å². The average Bonchev–Trinajstić information content (AvgIpc) is 2.14. The Kier molecular flexibility index (Phi) is 3.91. The summed E-state index contributed by atoms with van der Waals surface area (Å²) in [6.45, 7) is 5.20. The summed E-state index contributed by atoms with van der Waals surface area (Å²) < 4.78 is 22.7. The maximum absolute atomic E-state index is 11.4. The number of rotatable bonds is 3. The monoisotopic (exact) mass is 262 g/mol. The molecule has 0 bridgehead atoms. The molecule has 0 aromatic carbocycles. The van der Waals surface area contributed by atoms with Crippen LogP contribution in [-0.4, -0.2) is 24.6 Å². The Bertz CT molecular complexity index is 486. The molecule has 2 unspecified atom stereocenters. The first kappa shape index (κ1) is 13.4. The van der Waals surface area contributed by atoms with Crippen molar-refractivity contribution in [2.24, 2.45) is 0 Å². The van der Waals surface area contributed by atoms with Gasteiger partial charge >= 0.3 is 0 Å². The minimum absolute atomic E-state index is 0.178. The van der Waals surface area contributed by atoms with Crippen LogP contribution in [0.4, 0.5) is 0 Å². The van der Waals surface area contributed by atoms with E-state index in [1.54, 1.807) is 20.0 Å². The molecule has 0 spiro atoms. The van der Waals surface area contributed by atoms with Gasteiger partial charge in [0.1, 0.15) is 11.1 Å². The molecule has 4 nitrogen and oxygen atoms in total. The van der Waals surface area contributed by atoms with Crippen LogP contribution in [0.15, 0.2) is 6.20 Å². The van der Waals surface area contributed by atoms with E-state index in [1.807, 2.05) is 6.92 Å². The van der Waals surface area contributed by atoms with E-state index in [0.717, 1.165) is 11.3 Å². The summed E-state index contributed by atoms with van der Waals surface area (Å²) in [5.74, 6) is 0.320. The molecule has 16 heavy (non-hydrogen) atoms.